The van der Waals surface area contributed by atoms with Gasteiger partial charge in [0.1, 0.15) is 6.61 Å². The summed E-state index contributed by atoms with van der Waals surface area (Å²) in [6.07, 6.45) is -2.77. The van der Waals surface area contributed by atoms with Gasteiger partial charge in [-0.05, 0) is 17.7 Å². The van der Waals surface area contributed by atoms with Crippen LogP contribution in [0.5, 0.6) is 5.75 Å². The molecule has 0 spiro atoms. The van der Waals surface area contributed by atoms with Crippen LogP contribution in [0.15, 0.2) is 12.1 Å². The van der Waals surface area contributed by atoms with Crippen LogP contribution in [0.4, 0.5) is 17.6 Å². The fourth-order valence-electron chi connectivity index (χ4n) is 1.32. The smallest absolute Gasteiger partial charge is 0.272 e. The van der Waals surface area contributed by atoms with Gasteiger partial charge in [-0.1, -0.05) is 13.8 Å². The summed E-state index contributed by atoms with van der Waals surface area (Å²) in [6, 6.07) is 2.31. The van der Waals surface area contributed by atoms with Crippen molar-refractivity contribution in [1.82, 2.24) is 5.32 Å². The Hall–Kier alpha value is -1.30. The normalized spacial score (nSPS) is 11.3. The first-order chi connectivity index (χ1) is 8.40. The van der Waals surface area contributed by atoms with E-state index in [0.717, 1.165) is 12.1 Å². The summed E-state index contributed by atoms with van der Waals surface area (Å²) >= 11 is 0. The van der Waals surface area contributed by atoms with Crippen LogP contribution in [0.3, 0.4) is 0 Å². The summed E-state index contributed by atoms with van der Waals surface area (Å²) in [5.74, 6) is -2.71. The lowest BCUT2D eigenvalue weighted by Gasteiger charge is -2.11. The Morgan fingerprint density at radius 3 is 2.17 bits per heavy atom. The van der Waals surface area contributed by atoms with E-state index in [2.05, 4.69) is 10.1 Å². The van der Waals surface area contributed by atoms with Crippen molar-refractivity contribution in [3.63, 3.8) is 0 Å². The molecule has 0 radical (unpaired) electrons. The minimum Gasteiger partial charge on any atom is -0.482 e. The quantitative estimate of drug-likeness (QED) is 0.798. The van der Waals surface area contributed by atoms with Crippen molar-refractivity contribution in [3.05, 3.63) is 29.3 Å². The molecule has 6 heteroatoms. The molecule has 0 aromatic heterocycles. The van der Waals surface area contributed by atoms with E-state index in [-0.39, 0.29) is 6.04 Å². The Kier molecular flexibility index (Phi) is 5.40. The van der Waals surface area contributed by atoms with E-state index >= 15 is 0 Å². The van der Waals surface area contributed by atoms with Gasteiger partial charge in [0.05, 0.1) is 0 Å². The lowest BCUT2D eigenvalue weighted by molar-refractivity contribution is 0.0777. The molecule has 0 amide bonds. The molecule has 1 N–H and O–H groups in total. The van der Waals surface area contributed by atoms with Crippen LogP contribution < -0.4 is 10.1 Å². The highest BCUT2D eigenvalue weighted by molar-refractivity contribution is 5.31. The van der Waals surface area contributed by atoms with Crippen LogP contribution >= 0.6 is 0 Å². The average Bonchev–Trinajstić information content (AvgIpc) is 2.24. The lowest BCUT2D eigenvalue weighted by Crippen LogP contribution is -2.22. The Morgan fingerprint density at radius 1 is 1.17 bits per heavy atom. The molecule has 0 saturated heterocycles. The fourth-order valence-corrected chi connectivity index (χ4v) is 1.32. The van der Waals surface area contributed by atoms with Gasteiger partial charge in [-0.15, -0.1) is 0 Å². The molecule has 102 valence electrons. The zero-order valence-electron chi connectivity index (χ0n) is 10.1. The molecule has 0 aliphatic rings. The first-order valence-electron chi connectivity index (χ1n) is 5.52. The zero-order valence-corrected chi connectivity index (χ0v) is 10.1. The molecule has 1 rings (SSSR count). The third kappa shape index (κ3) is 4.52. The first kappa shape index (κ1) is 14.8. The van der Waals surface area contributed by atoms with Crippen LogP contribution in [-0.4, -0.2) is 19.1 Å². The number of nitrogens with one attached hydrogen (secondary N) is 1. The maximum Gasteiger partial charge on any atom is 0.272 e. The highest BCUT2D eigenvalue weighted by Gasteiger charge is 2.14. The summed E-state index contributed by atoms with van der Waals surface area (Å²) in [5.41, 5.74) is 0.392. The Labute approximate surface area is 103 Å². The fraction of sp³-hybridized carbons (Fsp3) is 0.500. The standard InChI is InChI=1S/C12H15F4NO/c1-7(2)17-5-8-3-9(13)12(10(14)4-8)18-6-11(15)16/h3-4,7,11,17H,5-6H2,1-2H3. The number of hydrogen-bond donors (Lipinski definition) is 1. The van der Waals surface area contributed by atoms with Crippen molar-refractivity contribution >= 4 is 0 Å². The van der Waals surface area contributed by atoms with Gasteiger partial charge < -0.3 is 10.1 Å². The Balaban J connectivity index is 2.77. The third-order valence-electron chi connectivity index (χ3n) is 2.13. The molecule has 0 aliphatic heterocycles. The van der Waals surface area contributed by atoms with Crippen LogP contribution in [0.25, 0.3) is 0 Å². The van der Waals surface area contributed by atoms with E-state index in [0.29, 0.717) is 12.1 Å². The molecule has 1 aromatic rings. The van der Waals surface area contributed by atoms with Gasteiger partial charge in [0.2, 0.25) is 0 Å². The molecule has 0 unspecified atom stereocenters. The number of rotatable bonds is 6. The molecular formula is C12H15F4NO. The second-order valence-electron chi connectivity index (χ2n) is 4.13. The molecule has 0 saturated carbocycles. The second-order valence-corrected chi connectivity index (χ2v) is 4.13. The SMILES string of the molecule is CC(C)NCc1cc(F)c(OCC(F)F)c(F)c1. The predicted molar refractivity (Wildman–Crippen MR) is 59.8 cm³/mol. The van der Waals surface area contributed by atoms with Crippen LogP contribution in [0.1, 0.15) is 19.4 Å². The minimum atomic E-state index is -2.77. The van der Waals surface area contributed by atoms with E-state index in [9.17, 15) is 17.6 Å². The van der Waals surface area contributed by atoms with E-state index < -0.39 is 30.4 Å². The van der Waals surface area contributed by atoms with Gasteiger partial charge in [-0.25, -0.2) is 17.6 Å². The highest BCUT2D eigenvalue weighted by atomic mass is 19.3. The van der Waals surface area contributed by atoms with E-state index in [4.69, 9.17) is 0 Å². The first-order valence-corrected chi connectivity index (χ1v) is 5.52. The molecule has 0 aliphatic carbocycles. The van der Waals surface area contributed by atoms with Crippen molar-refractivity contribution in [1.29, 1.82) is 0 Å². The van der Waals surface area contributed by atoms with E-state index in [1.54, 1.807) is 0 Å². The molecule has 0 heterocycles. The number of halogens is 4. The third-order valence-corrected chi connectivity index (χ3v) is 2.13. The summed E-state index contributed by atoms with van der Waals surface area (Å²) in [7, 11) is 0. The number of alkyl halides is 2. The summed E-state index contributed by atoms with van der Waals surface area (Å²) in [6.45, 7) is 3.05. The van der Waals surface area contributed by atoms with E-state index in [1.807, 2.05) is 13.8 Å². The highest BCUT2D eigenvalue weighted by Crippen LogP contribution is 2.23. The van der Waals surface area contributed by atoms with Gasteiger partial charge in [-0.2, -0.15) is 0 Å². The number of ether oxygens (including phenoxy) is 1. The largest absolute Gasteiger partial charge is 0.482 e. The van der Waals surface area contributed by atoms with Gasteiger partial charge >= 0.3 is 0 Å². The van der Waals surface area contributed by atoms with Gasteiger partial charge in [0.25, 0.3) is 6.43 Å². The van der Waals surface area contributed by atoms with Crippen molar-refractivity contribution in [2.75, 3.05) is 6.61 Å². The van der Waals surface area contributed by atoms with Crippen LogP contribution in [0, 0.1) is 11.6 Å². The Morgan fingerprint density at radius 2 is 1.72 bits per heavy atom. The number of hydrogen-bond acceptors (Lipinski definition) is 2. The number of benzene rings is 1. The predicted octanol–water partition coefficient (Wildman–Crippen LogP) is 3.11. The van der Waals surface area contributed by atoms with Crippen LogP contribution in [0.2, 0.25) is 0 Å². The van der Waals surface area contributed by atoms with E-state index in [1.165, 1.54) is 0 Å². The molecule has 1 aromatic carbocycles. The Bertz CT molecular complexity index is 373. The van der Waals surface area contributed by atoms with Gasteiger partial charge in [0.15, 0.2) is 17.4 Å². The van der Waals surface area contributed by atoms with Gasteiger partial charge in [0, 0.05) is 12.6 Å². The summed E-state index contributed by atoms with van der Waals surface area (Å²) in [5, 5.41) is 2.99. The molecule has 18 heavy (non-hydrogen) atoms. The van der Waals surface area contributed by atoms with Crippen molar-refractivity contribution in [3.8, 4) is 5.75 Å². The molecular weight excluding hydrogens is 250 g/mol. The lowest BCUT2D eigenvalue weighted by atomic mass is 10.2. The molecule has 0 atom stereocenters. The summed E-state index contributed by atoms with van der Waals surface area (Å²) < 4.78 is 55.1. The van der Waals surface area contributed by atoms with Crippen molar-refractivity contribution in [2.24, 2.45) is 0 Å². The average molecular weight is 265 g/mol. The molecule has 0 bridgehead atoms. The zero-order chi connectivity index (χ0) is 13.7. The van der Waals surface area contributed by atoms with Crippen LogP contribution in [-0.2, 0) is 6.54 Å². The van der Waals surface area contributed by atoms with Crippen molar-refractivity contribution < 1.29 is 22.3 Å². The topological polar surface area (TPSA) is 21.3 Å². The maximum absolute atomic E-state index is 13.4. The van der Waals surface area contributed by atoms with Crippen molar-refractivity contribution in [2.45, 2.75) is 32.9 Å². The monoisotopic (exact) mass is 265 g/mol. The molecule has 0 fully saturated rings. The summed E-state index contributed by atoms with van der Waals surface area (Å²) in [4.78, 5) is 0. The minimum absolute atomic E-state index is 0.172. The second kappa shape index (κ2) is 6.58. The van der Waals surface area contributed by atoms with Gasteiger partial charge in [-0.3, -0.25) is 0 Å². The molecule has 2 nitrogen and oxygen atoms in total. The maximum atomic E-state index is 13.4.